The average Bonchev–Trinajstić information content (AvgIpc) is 3.33. The van der Waals surface area contributed by atoms with Gasteiger partial charge in [0.1, 0.15) is 5.69 Å². The number of rotatable bonds is 3. The Hall–Kier alpha value is -3.02. The van der Waals surface area contributed by atoms with Crippen molar-refractivity contribution in [3.63, 3.8) is 0 Å². The lowest BCUT2D eigenvalue weighted by Crippen LogP contribution is -2.57. The fourth-order valence-electron chi connectivity index (χ4n) is 4.41. The van der Waals surface area contributed by atoms with Crippen LogP contribution in [-0.2, 0) is 4.79 Å². The van der Waals surface area contributed by atoms with Crippen molar-refractivity contribution in [2.24, 2.45) is 5.41 Å². The van der Waals surface area contributed by atoms with E-state index < -0.39 is 5.41 Å². The maximum absolute atomic E-state index is 13.6. The van der Waals surface area contributed by atoms with Crippen LogP contribution >= 0.6 is 0 Å². The zero-order chi connectivity index (χ0) is 22.3. The third kappa shape index (κ3) is 3.87. The summed E-state index contributed by atoms with van der Waals surface area (Å²) in [6.07, 6.45) is 1.66. The van der Waals surface area contributed by atoms with E-state index in [0.717, 1.165) is 10.9 Å². The molecule has 0 bridgehead atoms. The Bertz CT molecular complexity index is 1090. The number of benzene rings is 1. The second-order valence-electron chi connectivity index (χ2n) is 9.52. The van der Waals surface area contributed by atoms with E-state index in [1.54, 1.807) is 6.26 Å². The summed E-state index contributed by atoms with van der Waals surface area (Å²) >= 11 is 0. The summed E-state index contributed by atoms with van der Waals surface area (Å²) in [5.74, 6) is 0.106. The Morgan fingerprint density at radius 2 is 1.81 bits per heavy atom. The van der Waals surface area contributed by atoms with E-state index in [2.05, 4.69) is 19.1 Å². The number of fused-ring (bicyclic) bond motifs is 1. The number of hydrogen-bond acceptors (Lipinski definition) is 3. The minimum atomic E-state index is -0.426. The maximum atomic E-state index is 13.6. The van der Waals surface area contributed by atoms with Crippen LogP contribution in [0.25, 0.3) is 11.1 Å². The molecule has 2 atom stereocenters. The van der Waals surface area contributed by atoms with Crippen LogP contribution in [0.1, 0.15) is 56.7 Å². The highest BCUT2D eigenvalue weighted by Gasteiger charge is 2.36. The normalized spacial score (nSPS) is 18.4. The Morgan fingerprint density at radius 3 is 2.45 bits per heavy atom. The number of piperazine rings is 1. The fraction of sp³-hybridized carbons (Fsp3) is 0.440. The van der Waals surface area contributed by atoms with Gasteiger partial charge in [0.05, 0.1) is 12.3 Å². The van der Waals surface area contributed by atoms with E-state index in [1.807, 2.05) is 72.4 Å². The molecule has 1 saturated heterocycles. The average molecular weight is 422 g/mol. The van der Waals surface area contributed by atoms with Gasteiger partial charge >= 0.3 is 0 Å². The van der Waals surface area contributed by atoms with Gasteiger partial charge in [0.2, 0.25) is 11.6 Å². The zero-order valence-corrected chi connectivity index (χ0v) is 19.0. The molecule has 6 heteroatoms. The van der Waals surface area contributed by atoms with Gasteiger partial charge in [0.25, 0.3) is 5.91 Å². The van der Waals surface area contributed by atoms with Gasteiger partial charge in [-0.3, -0.25) is 14.2 Å². The van der Waals surface area contributed by atoms with Crippen LogP contribution in [0.2, 0.25) is 0 Å². The molecular formula is C25H31N3O3. The fourth-order valence-corrected chi connectivity index (χ4v) is 4.41. The van der Waals surface area contributed by atoms with Crippen molar-refractivity contribution in [2.45, 2.75) is 46.7 Å². The highest BCUT2D eigenvalue weighted by atomic mass is 16.3. The van der Waals surface area contributed by atoms with Crippen molar-refractivity contribution in [3.8, 4) is 0 Å². The Balaban J connectivity index is 1.62. The van der Waals surface area contributed by atoms with Crippen molar-refractivity contribution < 1.29 is 14.0 Å². The molecule has 1 aromatic carbocycles. The summed E-state index contributed by atoms with van der Waals surface area (Å²) in [5, 5.41) is 0.917. The van der Waals surface area contributed by atoms with Crippen LogP contribution in [0.4, 0.5) is 0 Å². The number of furan rings is 1. The number of amides is 2. The van der Waals surface area contributed by atoms with Gasteiger partial charge in [-0.25, -0.2) is 0 Å². The summed E-state index contributed by atoms with van der Waals surface area (Å²) in [4.78, 5) is 30.1. The molecule has 2 aromatic heterocycles. The predicted octanol–water partition coefficient (Wildman–Crippen LogP) is 4.56. The van der Waals surface area contributed by atoms with Crippen molar-refractivity contribution in [3.05, 3.63) is 60.0 Å². The molecule has 0 aliphatic carbocycles. The van der Waals surface area contributed by atoms with Crippen LogP contribution in [0.3, 0.4) is 0 Å². The van der Waals surface area contributed by atoms with Gasteiger partial charge in [-0.2, -0.15) is 0 Å². The molecule has 6 nitrogen and oxygen atoms in total. The summed E-state index contributed by atoms with van der Waals surface area (Å²) in [7, 11) is 0. The molecule has 3 heterocycles. The largest absolute Gasteiger partial charge is 0.448 e. The number of carbonyl (C=O) groups is 2. The maximum Gasteiger partial charge on any atom is 0.270 e. The van der Waals surface area contributed by atoms with Crippen molar-refractivity contribution in [1.29, 1.82) is 0 Å². The molecule has 31 heavy (non-hydrogen) atoms. The van der Waals surface area contributed by atoms with Crippen molar-refractivity contribution in [1.82, 2.24) is 14.4 Å². The van der Waals surface area contributed by atoms with Gasteiger partial charge in [0, 0.05) is 36.5 Å². The van der Waals surface area contributed by atoms with Crippen LogP contribution in [0.5, 0.6) is 0 Å². The van der Waals surface area contributed by atoms with Crippen molar-refractivity contribution in [2.75, 3.05) is 19.6 Å². The van der Waals surface area contributed by atoms with Crippen LogP contribution in [-0.4, -0.2) is 51.9 Å². The standard InChI is InChI=1S/C25H31N3O3/c1-17-16-26(12-13-27(17)24(30)25(3,4)5)22(29)21-15-20-11-14-31-23(20)28(21)18(2)19-9-7-6-8-10-19/h6-11,14-15,17-18H,12-13,16H2,1-5H3/t17-,18+/m1/s1. The lowest BCUT2D eigenvalue weighted by molar-refractivity contribution is -0.143. The molecule has 0 spiro atoms. The molecule has 164 valence electrons. The summed E-state index contributed by atoms with van der Waals surface area (Å²) < 4.78 is 7.75. The van der Waals surface area contributed by atoms with E-state index in [-0.39, 0.29) is 23.9 Å². The van der Waals surface area contributed by atoms with E-state index >= 15 is 0 Å². The van der Waals surface area contributed by atoms with Gasteiger partial charge in [-0.15, -0.1) is 0 Å². The highest BCUT2D eigenvalue weighted by molar-refractivity contribution is 5.98. The first-order valence-electron chi connectivity index (χ1n) is 10.9. The molecule has 0 unspecified atom stereocenters. The number of carbonyl (C=O) groups excluding carboxylic acids is 2. The minimum absolute atomic E-state index is 0.0242. The first-order valence-corrected chi connectivity index (χ1v) is 10.9. The predicted molar refractivity (Wildman–Crippen MR) is 121 cm³/mol. The van der Waals surface area contributed by atoms with Crippen LogP contribution in [0.15, 0.2) is 53.1 Å². The third-order valence-corrected chi connectivity index (χ3v) is 6.15. The monoisotopic (exact) mass is 421 g/mol. The molecule has 1 fully saturated rings. The number of nitrogens with zero attached hydrogens (tertiary/aromatic N) is 3. The zero-order valence-electron chi connectivity index (χ0n) is 19.0. The van der Waals surface area contributed by atoms with Gasteiger partial charge in [0.15, 0.2) is 0 Å². The van der Waals surface area contributed by atoms with Gasteiger partial charge in [-0.05, 0) is 31.5 Å². The van der Waals surface area contributed by atoms with E-state index in [1.165, 1.54) is 0 Å². The summed E-state index contributed by atoms with van der Waals surface area (Å²) in [6, 6.07) is 13.8. The third-order valence-electron chi connectivity index (χ3n) is 6.15. The minimum Gasteiger partial charge on any atom is -0.448 e. The van der Waals surface area contributed by atoms with Crippen LogP contribution < -0.4 is 0 Å². The highest BCUT2D eigenvalue weighted by Crippen LogP contribution is 2.30. The molecule has 4 rings (SSSR count). The number of aromatic nitrogens is 1. The summed E-state index contributed by atoms with van der Waals surface area (Å²) in [5.41, 5.74) is 2.01. The quantitative estimate of drug-likeness (QED) is 0.623. The smallest absolute Gasteiger partial charge is 0.270 e. The molecular weight excluding hydrogens is 390 g/mol. The van der Waals surface area contributed by atoms with Crippen LogP contribution in [0, 0.1) is 5.41 Å². The van der Waals surface area contributed by atoms with E-state index in [4.69, 9.17) is 4.42 Å². The molecule has 0 N–H and O–H groups in total. The second-order valence-corrected chi connectivity index (χ2v) is 9.52. The Morgan fingerprint density at radius 1 is 1.10 bits per heavy atom. The molecule has 0 radical (unpaired) electrons. The molecule has 2 amide bonds. The molecule has 1 aliphatic heterocycles. The Kier molecular flexibility index (Phi) is 5.42. The summed E-state index contributed by atoms with van der Waals surface area (Å²) in [6.45, 7) is 11.5. The Labute approximate surface area is 183 Å². The molecule has 3 aromatic rings. The molecule has 0 saturated carbocycles. The first-order chi connectivity index (χ1) is 14.7. The van der Waals surface area contributed by atoms with E-state index in [9.17, 15) is 9.59 Å². The topological polar surface area (TPSA) is 58.7 Å². The van der Waals surface area contributed by atoms with Gasteiger partial charge in [-0.1, -0.05) is 51.1 Å². The van der Waals surface area contributed by atoms with E-state index in [0.29, 0.717) is 31.0 Å². The first kappa shape index (κ1) is 21.2. The number of hydrogen-bond donors (Lipinski definition) is 0. The molecule has 1 aliphatic rings. The second kappa shape index (κ2) is 7.91. The lowest BCUT2D eigenvalue weighted by Gasteiger charge is -2.42. The SMILES string of the molecule is C[C@@H]1CN(C(=O)c2cc3ccoc3n2[C@@H](C)c2ccccc2)CCN1C(=O)C(C)(C)C. The van der Waals surface area contributed by atoms with Crippen molar-refractivity contribution >= 4 is 22.9 Å². The lowest BCUT2D eigenvalue weighted by atomic mass is 9.93. The van der Waals surface area contributed by atoms with Gasteiger partial charge < -0.3 is 14.2 Å².